The van der Waals surface area contributed by atoms with Crippen LogP contribution in [-0.4, -0.2) is 10.6 Å². The first-order chi connectivity index (χ1) is 5.49. The predicted octanol–water partition coefficient (Wildman–Crippen LogP) is 2.57. The van der Waals surface area contributed by atoms with Gasteiger partial charge in [0.2, 0.25) is 5.88 Å². The minimum Gasteiger partial charge on any atom is -0.472 e. The fourth-order valence-corrected chi connectivity index (χ4v) is 0.868. The zero-order valence-electron chi connectivity index (χ0n) is 8.09. The fraction of sp³-hybridized carbons (Fsp3) is 0.500. The van der Waals surface area contributed by atoms with Crippen LogP contribution in [0.1, 0.15) is 26.3 Å². The van der Waals surface area contributed by atoms with E-state index in [1.807, 2.05) is 39.8 Å². The first kappa shape index (κ1) is 9.04. The Hall–Kier alpha value is -1.05. The molecule has 66 valence electrons. The number of aromatic nitrogens is 1. The molecule has 0 aliphatic heterocycles. The number of pyridine rings is 1. The van der Waals surface area contributed by atoms with Crippen molar-refractivity contribution in [2.75, 3.05) is 0 Å². The minimum absolute atomic E-state index is 0.168. The van der Waals surface area contributed by atoms with Gasteiger partial charge in [0.05, 0.1) is 0 Å². The summed E-state index contributed by atoms with van der Waals surface area (Å²) in [6.07, 6.45) is 1.74. The van der Waals surface area contributed by atoms with Crippen LogP contribution in [0.25, 0.3) is 0 Å². The van der Waals surface area contributed by atoms with Crippen LogP contribution < -0.4 is 4.74 Å². The largest absolute Gasteiger partial charge is 0.472 e. The summed E-state index contributed by atoms with van der Waals surface area (Å²) < 4.78 is 5.62. The second kappa shape index (κ2) is 3.13. The van der Waals surface area contributed by atoms with Crippen LogP contribution in [0.5, 0.6) is 5.88 Å². The molecule has 0 amide bonds. The molecule has 0 radical (unpaired) electrons. The van der Waals surface area contributed by atoms with Crippen molar-refractivity contribution in [3.05, 3.63) is 23.9 Å². The molecular weight excluding hydrogens is 150 g/mol. The van der Waals surface area contributed by atoms with E-state index < -0.39 is 0 Å². The van der Waals surface area contributed by atoms with E-state index in [9.17, 15) is 0 Å². The van der Waals surface area contributed by atoms with E-state index in [1.165, 1.54) is 0 Å². The Morgan fingerprint density at radius 2 is 2.00 bits per heavy atom. The molecule has 0 unspecified atom stereocenters. The Bertz CT molecular complexity index is 263. The minimum atomic E-state index is -0.168. The lowest BCUT2D eigenvalue weighted by Gasteiger charge is -2.21. The maximum atomic E-state index is 5.62. The van der Waals surface area contributed by atoms with Gasteiger partial charge in [-0.2, -0.15) is 0 Å². The normalized spacial score (nSPS) is 11.3. The van der Waals surface area contributed by atoms with Crippen LogP contribution in [0.2, 0.25) is 0 Å². The molecule has 0 N–H and O–H groups in total. The molecule has 1 heterocycles. The van der Waals surface area contributed by atoms with Crippen molar-refractivity contribution in [3.63, 3.8) is 0 Å². The molecule has 2 nitrogen and oxygen atoms in total. The van der Waals surface area contributed by atoms with Crippen molar-refractivity contribution >= 4 is 0 Å². The quantitative estimate of drug-likeness (QED) is 0.638. The Labute approximate surface area is 73.6 Å². The predicted molar refractivity (Wildman–Crippen MR) is 49.4 cm³/mol. The molecular formula is C10H15NO. The Kier molecular flexibility index (Phi) is 2.36. The van der Waals surface area contributed by atoms with Gasteiger partial charge in [-0.1, -0.05) is 6.07 Å². The van der Waals surface area contributed by atoms with Crippen LogP contribution >= 0.6 is 0 Å². The van der Waals surface area contributed by atoms with Crippen molar-refractivity contribution in [2.45, 2.75) is 33.3 Å². The molecule has 1 aromatic rings. The van der Waals surface area contributed by atoms with Crippen LogP contribution in [-0.2, 0) is 0 Å². The van der Waals surface area contributed by atoms with Gasteiger partial charge in [0.25, 0.3) is 0 Å². The molecule has 1 rings (SSSR count). The molecule has 0 aliphatic rings. The van der Waals surface area contributed by atoms with E-state index in [-0.39, 0.29) is 5.60 Å². The third-order valence-corrected chi connectivity index (χ3v) is 1.36. The second-order valence-electron chi connectivity index (χ2n) is 3.84. The van der Waals surface area contributed by atoms with Gasteiger partial charge in [-0.05, 0) is 33.8 Å². The number of rotatable bonds is 1. The molecule has 0 aromatic carbocycles. The molecule has 1 aromatic heterocycles. The summed E-state index contributed by atoms with van der Waals surface area (Å²) in [7, 11) is 0. The molecule has 0 bridgehead atoms. The van der Waals surface area contributed by atoms with Gasteiger partial charge in [-0.15, -0.1) is 0 Å². The smallest absolute Gasteiger partial charge is 0.216 e. The van der Waals surface area contributed by atoms with Crippen LogP contribution in [0.15, 0.2) is 18.3 Å². The van der Waals surface area contributed by atoms with Gasteiger partial charge in [0.1, 0.15) is 5.60 Å². The lowest BCUT2D eigenvalue weighted by atomic mass is 10.2. The Morgan fingerprint density at radius 1 is 1.33 bits per heavy atom. The molecule has 0 spiro atoms. The fourth-order valence-electron chi connectivity index (χ4n) is 0.868. The number of hydrogen-bond acceptors (Lipinski definition) is 2. The highest BCUT2D eigenvalue weighted by Crippen LogP contribution is 2.18. The van der Waals surface area contributed by atoms with E-state index in [2.05, 4.69) is 4.98 Å². The Balaban J connectivity index is 2.83. The zero-order chi connectivity index (χ0) is 9.19. The molecule has 0 atom stereocenters. The van der Waals surface area contributed by atoms with Crippen LogP contribution in [0.4, 0.5) is 0 Å². The van der Waals surface area contributed by atoms with Gasteiger partial charge in [0, 0.05) is 11.8 Å². The third-order valence-electron chi connectivity index (χ3n) is 1.36. The first-order valence-corrected chi connectivity index (χ1v) is 4.10. The summed E-state index contributed by atoms with van der Waals surface area (Å²) in [5.74, 6) is 0.727. The van der Waals surface area contributed by atoms with E-state index in [0.29, 0.717) is 0 Å². The Morgan fingerprint density at radius 3 is 2.50 bits per heavy atom. The van der Waals surface area contributed by atoms with Gasteiger partial charge in [-0.3, -0.25) is 0 Å². The molecule has 0 aliphatic carbocycles. The highest BCUT2D eigenvalue weighted by atomic mass is 16.5. The van der Waals surface area contributed by atoms with Crippen molar-refractivity contribution in [3.8, 4) is 5.88 Å². The van der Waals surface area contributed by atoms with Gasteiger partial charge in [-0.25, -0.2) is 4.98 Å². The molecule has 0 saturated carbocycles. The highest BCUT2D eigenvalue weighted by molar-refractivity contribution is 5.23. The van der Waals surface area contributed by atoms with E-state index in [0.717, 1.165) is 11.4 Å². The molecule has 0 saturated heterocycles. The number of ether oxygens (including phenoxy) is 1. The number of nitrogens with zero attached hydrogens (tertiary/aromatic N) is 1. The highest BCUT2D eigenvalue weighted by Gasteiger charge is 2.13. The van der Waals surface area contributed by atoms with Gasteiger partial charge < -0.3 is 4.74 Å². The summed E-state index contributed by atoms with van der Waals surface area (Å²) in [5, 5.41) is 0. The monoisotopic (exact) mass is 165 g/mol. The summed E-state index contributed by atoms with van der Waals surface area (Å²) in [6.45, 7) is 8.04. The van der Waals surface area contributed by atoms with Crippen molar-refractivity contribution in [1.82, 2.24) is 4.98 Å². The number of hydrogen-bond donors (Lipinski definition) is 0. The summed E-state index contributed by atoms with van der Waals surface area (Å²) in [5.41, 5.74) is 0.909. The SMILES string of the molecule is Cc1cccnc1OC(C)(C)C. The standard InChI is InChI=1S/C10H15NO/c1-8-6-5-7-11-9(8)12-10(2,3)4/h5-7H,1-4H3. The lowest BCUT2D eigenvalue weighted by Crippen LogP contribution is -2.23. The molecule has 0 fully saturated rings. The second-order valence-corrected chi connectivity index (χ2v) is 3.84. The maximum Gasteiger partial charge on any atom is 0.216 e. The van der Waals surface area contributed by atoms with Crippen molar-refractivity contribution in [1.29, 1.82) is 0 Å². The van der Waals surface area contributed by atoms with Crippen molar-refractivity contribution in [2.24, 2.45) is 0 Å². The third kappa shape index (κ3) is 2.53. The average molecular weight is 165 g/mol. The van der Waals surface area contributed by atoms with Crippen LogP contribution in [0, 0.1) is 6.92 Å². The van der Waals surface area contributed by atoms with E-state index in [4.69, 9.17) is 4.74 Å². The van der Waals surface area contributed by atoms with Gasteiger partial charge >= 0.3 is 0 Å². The molecule has 2 heteroatoms. The zero-order valence-corrected chi connectivity index (χ0v) is 8.09. The van der Waals surface area contributed by atoms with Crippen molar-refractivity contribution < 1.29 is 4.74 Å². The maximum absolute atomic E-state index is 5.62. The number of aryl methyl sites for hydroxylation is 1. The summed E-state index contributed by atoms with van der Waals surface area (Å²) in [4.78, 5) is 4.14. The van der Waals surface area contributed by atoms with Crippen LogP contribution in [0.3, 0.4) is 0 Å². The van der Waals surface area contributed by atoms with Gasteiger partial charge in [0.15, 0.2) is 0 Å². The van der Waals surface area contributed by atoms with E-state index in [1.54, 1.807) is 6.20 Å². The topological polar surface area (TPSA) is 22.1 Å². The molecule has 12 heavy (non-hydrogen) atoms. The summed E-state index contributed by atoms with van der Waals surface area (Å²) >= 11 is 0. The lowest BCUT2D eigenvalue weighted by molar-refractivity contribution is 0.123. The summed E-state index contributed by atoms with van der Waals surface area (Å²) in [6, 6.07) is 3.90. The average Bonchev–Trinajstić information content (AvgIpc) is 1.91. The van der Waals surface area contributed by atoms with E-state index >= 15 is 0 Å². The first-order valence-electron chi connectivity index (χ1n) is 4.10.